The largest absolute Gasteiger partial charge is 0.462 e. The van der Waals surface area contributed by atoms with Crippen molar-refractivity contribution in [2.75, 3.05) is 18.5 Å². The molecule has 0 unspecified atom stereocenters. The predicted octanol–water partition coefficient (Wildman–Crippen LogP) is 4.38. The summed E-state index contributed by atoms with van der Waals surface area (Å²) in [6.07, 6.45) is 0.565. The molecule has 1 aliphatic rings. The van der Waals surface area contributed by atoms with Gasteiger partial charge in [0.15, 0.2) is 0 Å². The Hall–Kier alpha value is -2.67. The first kappa shape index (κ1) is 22.0. The van der Waals surface area contributed by atoms with Crippen LogP contribution in [0.1, 0.15) is 71.3 Å². The smallest absolute Gasteiger partial charge is 0.341 e. The molecule has 3 rings (SSSR count). The number of esters is 1. The van der Waals surface area contributed by atoms with E-state index in [1.807, 2.05) is 12.1 Å². The quantitative estimate of drug-likeness (QED) is 0.734. The fourth-order valence-corrected chi connectivity index (χ4v) is 4.72. The lowest BCUT2D eigenvalue weighted by Crippen LogP contribution is -2.34. The Balaban J connectivity index is 1.90. The molecule has 0 aliphatic carbocycles. The van der Waals surface area contributed by atoms with Crippen molar-refractivity contribution in [1.82, 2.24) is 4.90 Å². The van der Waals surface area contributed by atoms with E-state index in [1.54, 1.807) is 24.0 Å². The van der Waals surface area contributed by atoms with E-state index in [0.29, 0.717) is 35.6 Å². The van der Waals surface area contributed by atoms with Crippen molar-refractivity contribution < 1.29 is 19.1 Å². The first-order chi connectivity index (χ1) is 14.1. The van der Waals surface area contributed by atoms with E-state index in [4.69, 9.17) is 4.74 Å². The number of thiophene rings is 1. The van der Waals surface area contributed by atoms with Crippen LogP contribution in [0.3, 0.4) is 0 Å². The van der Waals surface area contributed by atoms with Gasteiger partial charge in [-0.1, -0.05) is 32.9 Å². The number of amides is 2. The Morgan fingerprint density at radius 2 is 1.83 bits per heavy atom. The molecule has 0 saturated heterocycles. The molecule has 0 bridgehead atoms. The summed E-state index contributed by atoms with van der Waals surface area (Å²) in [4.78, 5) is 39.9. The van der Waals surface area contributed by atoms with E-state index in [1.165, 1.54) is 18.3 Å². The maximum atomic E-state index is 12.9. The molecule has 0 radical (unpaired) electrons. The van der Waals surface area contributed by atoms with Gasteiger partial charge in [0.2, 0.25) is 5.91 Å². The van der Waals surface area contributed by atoms with Gasteiger partial charge in [-0.25, -0.2) is 4.79 Å². The van der Waals surface area contributed by atoms with E-state index in [0.717, 1.165) is 16.0 Å². The molecule has 0 fully saturated rings. The lowest BCUT2D eigenvalue weighted by molar-refractivity contribution is -0.129. The van der Waals surface area contributed by atoms with E-state index < -0.39 is 5.97 Å². The zero-order valence-corrected chi connectivity index (χ0v) is 18.9. The van der Waals surface area contributed by atoms with Gasteiger partial charge in [0.25, 0.3) is 5.91 Å². The van der Waals surface area contributed by atoms with Gasteiger partial charge >= 0.3 is 5.97 Å². The number of fused-ring (bicyclic) bond motifs is 1. The van der Waals surface area contributed by atoms with Crippen molar-refractivity contribution in [3.8, 4) is 0 Å². The summed E-state index contributed by atoms with van der Waals surface area (Å²) in [5.41, 5.74) is 2.95. The number of carbonyl (C=O) groups excluding carboxylic acids is 3. The molecule has 1 aliphatic heterocycles. The zero-order valence-electron chi connectivity index (χ0n) is 18.1. The Kier molecular flexibility index (Phi) is 6.31. The Morgan fingerprint density at radius 3 is 2.40 bits per heavy atom. The average molecular weight is 429 g/mol. The highest BCUT2D eigenvalue weighted by Gasteiger charge is 2.30. The van der Waals surface area contributed by atoms with Gasteiger partial charge in [-0.15, -0.1) is 11.3 Å². The molecule has 1 aromatic carbocycles. The Morgan fingerprint density at radius 1 is 1.17 bits per heavy atom. The average Bonchev–Trinajstić information content (AvgIpc) is 3.04. The first-order valence-electron chi connectivity index (χ1n) is 10.1. The van der Waals surface area contributed by atoms with E-state index in [9.17, 15) is 14.4 Å². The zero-order chi connectivity index (χ0) is 22.1. The fourth-order valence-electron chi connectivity index (χ4n) is 3.48. The van der Waals surface area contributed by atoms with Crippen LogP contribution >= 0.6 is 11.3 Å². The van der Waals surface area contributed by atoms with Crippen LogP contribution in [0.25, 0.3) is 0 Å². The second-order valence-electron chi connectivity index (χ2n) is 8.40. The number of benzene rings is 1. The van der Waals surface area contributed by atoms with Crippen LogP contribution in [0.5, 0.6) is 0 Å². The molecule has 30 heavy (non-hydrogen) atoms. The third kappa shape index (κ3) is 4.56. The van der Waals surface area contributed by atoms with E-state index >= 15 is 0 Å². The number of rotatable bonds is 4. The van der Waals surface area contributed by atoms with Crippen LogP contribution in [-0.2, 0) is 27.9 Å². The van der Waals surface area contributed by atoms with Crippen molar-refractivity contribution in [1.29, 1.82) is 0 Å². The fraction of sp³-hybridized carbons (Fsp3) is 0.435. The molecule has 6 nitrogen and oxygen atoms in total. The van der Waals surface area contributed by atoms with Crippen LogP contribution in [0.2, 0.25) is 0 Å². The van der Waals surface area contributed by atoms with Crippen molar-refractivity contribution in [2.45, 2.75) is 53.0 Å². The molecule has 160 valence electrons. The second kappa shape index (κ2) is 8.60. The van der Waals surface area contributed by atoms with Crippen molar-refractivity contribution in [3.05, 3.63) is 51.4 Å². The molecule has 7 heteroatoms. The number of hydrogen-bond donors (Lipinski definition) is 1. The maximum absolute atomic E-state index is 12.9. The highest BCUT2D eigenvalue weighted by atomic mass is 32.1. The lowest BCUT2D eigenvalue weighted by atomic mass is 9.87. The standard InChI is InChI=1S/C23H28N2O4S/c1-6-29-22(28)19-17-11-12-25(14(2)26)13-18(17)30-21(19)24-20(27)15-7-9-16(10-8-15)23(3,4)5/h7-10H,6,11-13H2,1-5H3,(H,24,27). The van der Waals surface area contributed by atoms with Crippen LogP contribution < -0.4 is 5.32 Å². The topological polar surface area (TPSA) is 75.7 Å². The number of anilines is 1. The summed E-state index contributed by atoms with van der Waals surface area (Å²) >= 11 is 1.34. The summed E-state index contributed by atoms with van der Waals surface area (Å²) in [6.45, 7) is 10.9. The highest BCUT2D eigenvalue weighted by molar-refractivity contribution is 7.17. The summed E-state index contributed by atoms with van der Waals surface area (Å²) in [7, 11) is 0. The van der Waals surface area contributed by atoms with Crippen LogP contribution in [0.4, 0.5) is 5.00 Å². The van der Waals surface area contributed by atoms with Gasteiger partial charge in [-0.05, 0) is 42.0 Å². The third-order valence-electron chi connectivity index (χ3n) is 5.22. The van der Waals surface area contributed by atoms with Crippen LogP contribution in [-0.4, -0.2) is 35.8 Å². The molecule has 2 heterocycles. The van der Waals surface area contributed by atoms with Crippen molar-refractivity contribution in [2.24, 2.45) is 0 Å². The SMILES string of the molecule is CCOC(=O)c1c(NC(=O)c2ccc(C(C)(C)C)cc2)sc2c1CCN(C(C)=O)C2. The minimum atomic E-state index is -0.440. The van der Waals surface area contributed by atoms with Gasteiger partial charge in [0.1, 0.15) is 5.00 Å². The molecular formula is C23H28N2O4S. The van der Waals surface area contributed by atoms with Gasteiger partial charge in [-0.3, -0.25) is 9.59 Å². The third-order valence-corrected chi connectivity index (χ3v) is 6.35. The van der Waals surface area contributed by atoms with Crippen molar-refractivity contribution >= 4 is 34.1 Å². The lowest BCUT2D eigenvalue weighted by Gasteiger charge is -2.25. The molecule has 1 aromatic heterocycles. The van der Waals surface area contributed by atoms with Crippen LogP contribution in [0.15, 0.2) is 24.3 Å². The Bertz CT molecular complexity index is 970. The number of nitrogens with zero attached hydrogens (tertiary/aromatic N) is 1. The Labute approximate surface area is 181 Å². The maximum Gasteiger partial charge on any atom is 0.341 e. The monoisotopic (exact) mass is 428 g/mol. The highest BCUT2D eigenvalue weighted by Crippen LogP contribution is 2.38. The molecule has 0 spiro atoms. The molecule has 1 N–H and O–H groups in total. The minimum absolute atomic E-state index is 0.00147. The summed E-state index contributed by atoms with van der Waals surface area (Å²) in [5.74, 6) is -0.719. The predicted molar refractivity (Wildman–Crippen MR) is 118 cm³/mol. The summed E-state index contributed by atoms with van der Waals surface area (Å²) < 4.78 is 5.24. The number of ether oxygens (including phenoxy) is 1. The van der Waals surface area contributed by atoms with Crippen LogP contribution in [0, 0.1) is 0 Å². The van der Waals surface area contributed by atoms with E-state index in [-0.39, 0.29) is 23.8 Å². The second-order valence-corrected chi connectivity index (χ2v) is 9.51. The first-order valence-corrected chi connectivity index (χ1v) is 10.9. The van der Waals surface area contributed by atoms with Gasteiger partial charge in [0.05, 0.1) is 18.7 Å². The molecule has 0 saturated carbocycles. The van der Waals surface area contributed by atoms with E-state index in [2.05, 4.69) is 26.1 Å². The van der Waals surface area contributed by atoms with Gasteiger partial charge < -0.3 is 15.0 Å². The number of nitrogens with one attached hydrogen (secondary N) is 1. The minimum Gasteiger partial charge on any atom is -0.462 e. The van der Waals surface area contributed by atoms with Gasteiger partial charge in [0, 0.05) is 23.9 Å². The van der Waals surface area contributed by atoms with Gasteiger partial charge in [-0.2, -0.15) is 0 Å². The number of carbonyl (C=O) groups is 3. The molecule has 0 atom stereocenters. The summed E-state index contributed by atoms with van der Waals surface area (Å²) in [5, 5.41) is 3.38. The summed E-state index contributed by atoms with van der Waals surface area (Å²) in [6, 6.07) is 7.49. The van der Waals surface area contributed by atoms with Crippen molar-refractivity contribution in [3.63, 3.8) is 0 Å². The normalized spacial score (nSPS) is 13.6. The molecule has 2 amide bonds. The molecular weight excluding hydrogens is 400 g/mol. The number of hydrogen-bond acceptors (Lipinski definition) is 5. The molecule has 2 aromatic rings.